The van der Waals surface area contributed by atoms with Crippen LogP contribution in [0.1, 0.15) is 37.8 Å². The van der Waals surface area contributed by atoms with E-state index in [-0.39, 0.29) is 16.9 Å². The van der Waals surface area contributed by atoms with Gasteiger partial charge in [-0.1, -0.05) is 55.8 Å². The molecule has 2 rings (SSSR count). The molecule has 0 fully saturated rings. The summed E-state index contributed by atoms with van der Waals surface area (Å²) in [5.74, 6) is 0.185. The molecule has 5 heteroatoms. The van der Waals surface area contributed by atoms with Crippen LogP contribution < -0.4 is 10.6 Å². The fraction of sp³-hybridized carbons (Fsp3) is 0.300. The number of carbonyl (C=O) groups is 1. The highest BCUT2D eigenvalue weighted by Gasteiger charge is 2.16. The van der Waals surface area contributed by atoms with Gasteiger partial charge in [0.05, 0.1) is 5.92 Å². The first-order chi connectivity index (χ1) is 11.8. The Labute approximate surface area is 159 Å². The van der Waals surface area contributed by atoms with Crippen LogP contribution >= 0.6 is 23.8 Å². The molecule has 0 bridgehead atoms. The number of hydrogen-bond donors (Lipinski definition) is 2. The van der Waals surface area contributed by atoms with Gasteiger partial charge in [-0.15, -0.1) is 0 Å². The van der Waals surface area contributed by atoms with Gasteiger partial charge in [0.25, 0.3) is 0 Å². The number of hydrogen-bond acceptors (Lipinski definition) is 2. The van der Waals surface area contributed by atoms with Crippen LogP contribution in [0, 0.1) is 5.92 Å². The van der Waals surface area contributed by atoms with Crippen LogP contribution in [0.15, 0.2) is 48.5 Å². The number of anilines is 1. The predicted octanol–water partition coefficient (Wildman–Crippen LogP) is 5.16. The van der Waals surface area contributed by atoms with E-state index < -0.39 is 0 Å². The molecule has 2 aromatic rings. The van der Waals surface area contributed by atoms with Gasteiger partial charge in [-0.2, -0.15) is 0 Å². The second-order valence-electron chi connectivity index (χ2n) is 6.51. The van der Waals surface area contributed by atoms with Crippen molar-refractivity contribution in [3.8, 4) is 0 Å². The molecule has 2 N–H and O–H groups in total. The molecule has 0 aliphatic heterocycles. The predicted molar refractivity (Wildman–Crippen MR) is 109 cm³/mol. The minimum atomic E-state index is -0.285. The Hall–Kier alpha value is -1.91. The second kappa shape index (κ2) is 8.97. The van der Waals surface area contributed by atoms with Gasteiger partial charge in [0.2, 0.25) is 5.91 Å². The highest BCUT2D eigenvalue weighted by molar-refractivity contribution is 7.80. The van der Waals surface area contributed by atoms with Gasteiger partial charge in [-0.25, -0.2) is 0 Å². The highest BCUT2D eigenvalue weighted by Crippen LogP contribution is 2.18. The molecule has 0 spiro atoms. The Morgan fingerprint density at radius 3 is 2.40 bits per heavy atom. The molecule has 0 heterocycles. The molecule has 1 amide bonds. The van der Waals surface area contributed by atoms with Crippen molar-refractivity contribution < 1.29 is 4.79 Å². The van der Waals surface area contributed by atoms with Crippen molar-refractivity contribution in [2.45, 2.75) is 33.1 Å². The van der Waals surface area contributed by atoms with Crippen LogP contribution in [-0.4, -0.2) is 11.0 Å². The van der Waals surface area contributed by atoms with Gasteiger partial charge >= 0.3 is 0 Å². The zero-order valence-electron chi connectivity index (χ0n) is 14.7. The molecule has 1 unspecified atom stereocenters. The molecule has 0 saturated heterocycles. The largest absolute Gasteiger partial charge is 0.332 e. The van der Waals surface area contributed by atoms with Crippen molar-refractivity contribution in [1.82, 2.24) is 5.32 Å². The molecule has 25 heavy (non-hydrogen) atoms. The van der Waals surface area contributed by atoms with E-state index in [2.05, 4.69) is 36.6 Å². The lowest BCUT2D eigenvalue weighted by molar-refractivity contribution is -0.120. The lowest BCUT2D eigenvalue weighted by Gasteiger charge is -2.15. The van der Waals surface area contributed by atoms with E-state index in [4.69, 9.17) is 23.8 Å². The van der Waals surface area contributed by atoms with Gasteiger partial charge in [-0.05, 0) is 60.8 Å². The van der Waals surface area contributed by atoms with Gasteiger partial charge in [0, 0.05) is 10.7 Å². The van der Waals surface area contributed by atoms with Crippen LogP contribution in [0.2, 0.25) is 5.02 Å². The lowest BCUT2D eigenvalue weighted by atomic mass is 9.96. The summed E-state index contributed by atoms with van der Waals surface area (Å²) >= 11 is 11.1. The Bertz CT molecular complexity index is 744. The van der Waals surface area contributed by atoms with Crippen molar-refractivity contribution in [2.75, 3.05) is 5.32 Å². The van der Waals surface area contributed by atoms with E-state index in [0.717, 1.165) is 17.7 Å². The normalized spacial score (nSPS) is 11.9. The molecule has 132 valence electrons. The molecule has 3 nitrogen and oxygen atoms in total. The van der Waals surface area contributed by atoms with Crippen LogP contribution in [0.3, 0.4) is 0 Å². The van der Waals surface area contributed by atoms with Gasteiger partial charge in [0.1, 0.15) is 0 Å². The van der Waals surface area contributed by atoms with Crippen LogP contribution in [-0.2, 0) is 11.2 Å². The number of amides is 1. The maximum atomic E-state index is 12.4. The van der Waals surface area contributed by atoms with Crippen LogP contribution in [0.25, 0.3) is 0 Å². The third-order valence-corrected chi connectivity index (χ3v) is 4.28. The Morgan fingerprint density at radius 1 is 1.12 bits per heavy atom. The van der Waals surface area contributed by atoms with Crippen LogP contribution in [0.5, 0.6) is 0 Å². The monoisotopic (exact) mass is 374 g/mol. The maximum Gasteiger partial charge on any atom is 0.233 e. The number of nitrogens with one attached hydrogen (secondary N) is 2. The number of rotatable bonds is 5. The van der Waals surface area contributed by atoms with Crippen molar-refractivity contribution >= 4 is 40.5 Å². The molecule has 0 aromatic heterocycles. The first-order valence-corrected chi connectivity index (χ1v) is 9.10. The van der Waals surface area contributed by atoms with E-state index in [1.54, 1.807) is 12.1 Å². The zero-order chi connectivity index (χ0) is 18.4. The van der Waals surface area contributed by atoms with Crippen molar-refractivity contribution in [3.63, 3.8) is 0 Å². The quantitative estimate of drug-likeness (QED) is 0.710. The second-order valence-corrected chi connectivity index (χ2v) is 7.36. The van der Waals surface area contributed by atoms with Gasteiger partial charge in [-0.3, -0.25) is 4.79 Å². The van der Waals surface area contributed by atoms with E-state index >= 15 is 0 Å². The molecule has 0 aliphatic rings. The number of halogens is 1. The molecule has 1 atom stereocenters. The fourth-order valence-electron chi connectivity index (χ4n) is 2.51. The summed E-state index contributed by atoms with van der Waals surface area (Å²) in [5.41, 5.74) is 2.99. The standard InChI is InChI=1S/C20H23ClN2OS/c1-13(2)11-15-7-9-16(10-8-15)14(3)19(24)23-20(25)22-18-6-4-5-17(21)12-18/h4-10,12-14H,11H2,1-3H3,(H2,22,23,24,25). The lowest BCUT2D eigenvalue weighted by Crippen LogP contribution is -2.36. The summed E-state index contributed by atoms with van der Waals surface area (Å²) in [4.78, 5) is 12.4. The Balaban J connectivity index is 1.94. The van der Waals surface area contributed by atoms with E-state index in [1.807, 2.05) is 31.2 Å². The average molecular weight is 375 g/mol. The maximum absolute atomic E-state index is 12.4. The van der Waals surface area contributed by atoms with Crippen molar-refractivity contribution in [1.29, 1.82) is 0 Å². The number of benzene rings is 2. The van der Waals surface area contributed by atoms with Gasteiger partial charge in [0.15, 0.2) is 5.11 Å². The smallest absolute Gasteiger partial charge is 0.233 e. The highest BCUT2D eigenvalue weighted by atomic mass is 35.5. The van der Waals surface area contributed by atoms with E-state index in [9.17, 15) is 4.79 Å². The first-order valence-electron chi connectivity index (χ1n) is 8.31. The van der Waals surface area contributed by atoms with Gasteiger partial charge < -0.3 is 10.6 Å². The first kappa shape index (κ1) is 19.4. The molecule has 0 radical (unpaired) electrons. The SMILES string of the molecule is CC(C)Cc1ccc(C(C)C(=O)NC(=S)Nc2cccc(Cl)c2)cc1. The summed E-state index contributed by atoms with van der Waals surface area (Å²) in [6.07, 6.45) is 1.04. The minimum absolute atomic E-state index is 0.142. The summed E-state index contributed by atoms with van der Waals surface area (Å²) in [6, 6.07) is 15.4. The third kappa shape index (κ3) is 6.15. The number of carbonyl (C=O) groups excluding carboxylic acids is 1. The molecule has 0 saturated carbocycles. The molecular weight excluding hydrogens is 352 g/mol. The molecule has 2 aromatic carbocycles. The minimum Gasteiger partial charge on any atom is -0.332 e. The van der Waals surface area contributed by atoms with E-state index in [0.29, 0.717) is 10.9 Å². The Kier molecular flexibility index (Phi) is 6.97. The zero-order valence-corrected chi connectivity index (χ0v) is 16.2. The summed E-state index contributed by atoms with van der Waals surface area (Å²) in [5, 5.41) is 6.56. The average Bonchev–Trinajstić information content (AvgIpc) is 2.54. The van der Waals surface area contributed by atoms with E-state index in [1.165, 1.54) is 5.56 Å². The summed E-state index contributed by atoms with van der Waals surface area (Å²) in [7, 11) is 0. The van der Waals surface area contributed by atoms with Crippen molar-refractivity contribution in [3.05, 3.63) is 64.7 Å². The van der Waals surface area contributed by atoms with Crippen molar-refractivity contribution in [2.24, 2.45) is 5.92 Å². The molecular formula is C20H23ClN2OS. The topological polar surface area (TPSA) is 41.1 Å². The number of thiocarbonyl (C=S) groups is 1. The third-order valence-electron chi connectivity index (χ3n) is 3.84. The summed E-state index contributed by atoms with van der Waals surface area (Å²) in [6.45, 7) is 6.25. The fourth-order valence-corrected chi connectivity index (χ4v) is 2.92. The van der Waals surface area contributed by atoms with Crippen LogP contribution in [0.4, 0.5) is 5.69 Å². The molecule has 0 aliphatic carbocycles. The summed E-state index contributed by atoms with van der Waals surface area (Å²) < 4.78 is 0. The Morgan fingerprint density at radius 2 is 1.80 bits per heavy atom.